The Kier molecular flexibility index (Phi) is 6.49. The van der Waals surface area contributed by atoms with E-state index in [0.717, 1.165) is 12.8 Å². The third-order valence-corrected chi connectivity index (χ3v) is 5.09. The van der Waals surface area contributed by atoms with Crippen molar-refractivity contribution < 1.29 is 9.59 Å². The van der Waals surface area contributed by atoms with Crippen LogP contribution >= 0.6 is 11.6 Å². The molecule has 3 amide bonds. The third-order valence-electron chi connectivity index (χ3n) is 4.86. The van der Waals surface area contributed by atoms with Crippen LogP contribution in [0.2, 0.25) is 5.02 Å². The van der Waals surface area contributed by atoms with Crippen molar-refractivity contribution >= 4 is 35.0 Å². The average molecular weight is 402 g/mol. The van der Waals surface area contributed by atoms with Gasteiger partial charge in [-0.1, -0.05) is 23.7 Å². The van der Waals surface area contributed by atoms with Gasteiger partial charge in [-0.25, -0.2) is 9.78 Å². The number of benzene rings is 1. The maximum absolute atomic E-state index is 12.7. The molecular weight excluding hydrogens is 378 g/mol. The van der Waals surface area contributed by atoms with Crippen molar-refractivity contribution in [3.63, 3.8) is 0 Å². The van der Waals surface area contributed by atoms with Crippen LogP contribution < -0.4 is 10.6 Å². The van der Waals surface area contributed by atoms with Crippen LogP contribution in [-0.4, -0.2) is 59.9 Å². The third kappa shape index (κ3) is 4.99. The first-order chi connectivity index (χ1) is 13.4. The number of rotatable bonds is 4. The molecule has 0 aliphatic carbocycles. The molecule has 0 atom stereocenters. The van der Waals surface area contributed by atoms with E-state index in [-0.39, 0.29) is 11.9 Å². The van der Waals surface area contributed by atoms with Gasteiger partial charge in [-0.15, -0.1) is 0 Å². The summed E-state index contributed by atoms with van der Waals surface area (Å²) in [6.07, 6.45) is 3.33. The molecule has 0 spiro atoms. The molecule has 1 aromatic carbocycles. The number of aromatic nitrogens is 1. The predicted octanol–water partition coefficient (Wildman–Crippen LogP) is 3.55. The van der Waals surface area contributed by atoms with Gasteiger partial charge in [-0.3, -0.25) is 4.79 Å². The zero-order valence-corrected chi connectivity index (χ0v) is 16.7. The van der Waals surface area contributed by atoms with Crippen LogP contribution in [0.3, 0.4) is 0 Å². The zero-order valence-electron chi connectivity index (χ0n) is 16.0. The number of halogens is 1. The van der Waals surface area contributed by atoms with Gasteiger partial charge in [0.2, 0.25) is 0 Å². The van der Waals surface area contributed by atoms with Crippen molar-refractivity contribution in [1.82, 2.24) is 14.8 Å². The Balaban J connectivity index is 1.66. The topological polar surface area (TPSA) is 77.6 Å². The number of nitrogens with one attached hydrogen (secondary N) is 2. The lowest BCUT2D eigenvalue weighted by Crippen LogP contribution is -2.46. The SMILES string of the molecule is CN(C)C1CCN(C(=O)Nc2ccccc2C(=O)Nc2ccc(Cl)cn2)CC1. The molecule has 1 saturated heterocycles. The first kappa shape index (κ1) is 20.1. The van der Waals surface area contributed by atoms with Gasteiger partial charge in [0.05, 0.1) is 16.3 Å². The number of urea groups is 1. The molecule has 3 rings (SSSR count). The summed E-state index contributed by atoms with van der Waals surface area (Å²) in [5, 5.41) is 6.08. The highest BCUT2D eigenvalue weighted by molar-refractivity contribution is 6.30. The number of likely N-dealkylation sites (tertiary alicyclic amines) is 1. The zero-order chi connectivity index (χ0) is 20.1. The average Bonchev–Trinajstić information content (AvgIpc) is 2.70. The summed E-state index contributed by atoms with van der Waals surface area (Å²) in [7, 11) is 4.12. The summed E-state index contributed by atoms with van der Waals surface area (Å²) >= 11 is 5.82. The van der Waals surface area contributed by atoms with E-state index in [1.165, 1.54) is 6.20 Å². The molecular formula is C20H24ClN5O2. The fraction of sp³-hybridized carbons (Fsp3) is 0.350. The number of piperidine rings is 1. The number of pyridine rings is 1. The molecule has 0 saturated carbocycles. The quantitative estimate of drug-likeness (QED) is 0.821. The minimum atomic E-state index is -0.350. The monoisotopic (exact) mass is 401 g/mol. The fourth-order valence-corrected chi connectivity index (χ4v) is 3.31. The number of carbonyl (C=O) groups excluding carboxylic acids is 2. The molecule has 28 heavy (non-hydrogen) atoms. The number of amides is 3. The Morgan fingerprint density at radius 2 is 1.82 bits per heavy atom. The number of carbonyl (C=O) groups is 2. The van der Waals surface area contributed by atoms with Gasteiger partial charge >= 0.3 is 6.03 Å². The summed E-state index contributed by atoms with van der Waals surface area (Å²) < 4.78 is 0. The van der Waals surface area contributed by atoms with Gasteiger partial charge < -0.3 is 20.4 Å². The number of nitrogens with zero attached hydrogens (tertiary/aromatic N) is 3. The molecule has 0 unspecified atom stereocenters. The fourth-order valence-electron chi connectivity index (χ4n) is 3.20. The van der Waals surface area contributed by atoms with Gasteiger partial charge in [0.15, 0.2) is 0 Å². The second kappa shape index (κ2) is 9.03. The second-order valence-corrected chi connectivity index (χ2v) is 7.41. The first-order valence-electron chi connectivity index (χ1n) is 9.18. The van der Waals surface area contributed by atoms with Gasteiger partial charge in [0.25, 0.3) is 5.91 Å². The molecule has 148 valence electrons. The predicted molar refractivity (Wildman–Crippen MR) is 111 cm³/mol. The van der Waals surface area contributed by atoms with E-state index in [1.807, 2.05) is 0 Å². The lowest BCUT2D eigenvalue weighted by Gasteiger charge is -2.35. The molecule has 7 nitrogen and oxygen atoms in total. The van der Waals surface area contributed by atoms with Crippen LogP contribution in [-0.2, 0) is 0 Å². The molecule has 0 radical (unpaired) electrons. The van der Waals surface area contributed by atoms with E-state index in [2.05, 4.69) is 34.6 Å². The highest BCUT2D eigenvalue weighted by Gasteiger charge is 2.24. The van der Waals surface area contributed by atoms with Crippen molar-refractivity contribution in [2.75, 3.05) is 37.8 Å². The van der Waals surface area contributed by atoms with Crippen molar-refractivity contribution in [2.24, 2.45) is 0 Å². The molecule has 2 N–H and O–H groups in total. The summed E-state index contributed by atoms with van der Waals surface area (Å²) in [6, 6.07) is 10.5. The molecule has 1 aliphatic rings. The van der Waals surface area contributed by atoms with Crippen molar-refractivity contribution in [3.05, 3.63) is 53.2 Å². The van der Waals surface area contributed by atoms with Crippen LogP contribution in [0.4, 0.5) is 16.3 Å². The minimum absolute atomic E-state index is 0.193. The highest BCUT2D eigenvalue weighted by Crippen LogP contribution is 2.20. The lowest BCUT2D eigenvalue weighted by atomic mass is 10.0. The van der Waals surface area contributed by atoms with Gasteiger partial charge in [0.1, 0.15) is 5.82 Å². The first-order valence-corrected chi connectivity index (χ1v) is 9.56. The standard InChI is InChI=1S/C20H24ClN5O2/c1-25(2)15-9-11-26(12-10-15)20(28)23-17-6-4-3-5-16(17)19(27)24-18-8-7-14(21)13-22-18/h3-8,13,15H,9-12H2,1-2H3,(H,23,28)(H,22,24,27). The molecule has 1 aromatic heterocycles. The van der Waals surface area contributed by atoms with E-state index in [4.69, 9.17) is 11.6 Å². The maximum Gasteiger partial charge on any atom is 0.321 e. The Morgan fingerprint density at radius 1 is 1.11 bits per heavy atom. The number of anilines is 2. The van der Waals surface area contributed by atoms with Crippen molar-refractivity contribution in [1.29, 1.82) is 0 Å². The molecule has 1 fully saturated rings. The number of para-hydroxylation sites is 1. The van der Waals surface area contributed by atoms with Crippen LogP contribution in [0.5, 0.6) is 0 Å². The lowest BCUT2D eigenvalue weighted by molar-refractivity contribution is 0.102. The molecule has 2 heterocycles. The largest absolute Gasteiger partial charge is 0.324 e. The van der Waals surface area contributed by atoms with Crippen LogP contribution in [0, 0.1) is 0 Å². The van der Waals surface area contributed by atoms with Gasteiger partial charge in [0, 0.05) is 25.3 Å². The van der Waals surface area contributed by atoms with Crippen molar-refractivity contribution in [3.8, 4) is 0 Å². The smallest absolute Gasteiger partial charge is 0.321 e. The highest BCUT2D eigenvalue weighted by atomic mass is 35.5. The van der Waals surface area contributed by atoms with Crippen LogP contribution in [0.1, 0.15) is 23.2 Å². The van der Waals surface area contributed by atoms with Gasteiger partial charge in [-0.2, -0.15) is 0 Å². The van der Waals surface area contributed by atoms with E-state index in [1.54, 1.807) is 41.3 Å². The number of hydrogen-bond acceptors (Lipinski definition) is 4. The Morgan fingerprint density at radius 3 is 2.46 bits per heavy atom. The normalized spacial score (nSPS) is 14.8. The van der Waals surface area contributed by atoms with Crippen molar-refractivity contribution in [2.45, 2.75) is 18.9 Å². The summed E-state index contributed by atoms with van der Waals surface area (Å²) in [4.78, 5) is 33.3. The molecule has 1 aliphatic heterocycles. The molecule has 2 aromatic rings. The second-order valence-electron chi connectivity index (χ2n) is 6.97. The van der Waals surface area contributed by atoms with Gasteiger partial charge in [-0.05, 0) is 51.2 Å². The molecule has 0 bridgehead atoms. The Labute approximate surface area is 169 Å². The van der Waals surface area contributed by atoms with Crippen LogP contribution in [0.15, 0.2) is 42.6 Å². The Bertz CT molecular complexity index is 833. The minimum Gasteiger partial charge on any atom is -0.324 e. The maximum atomic E-state index is 12.7. The Hall–Kier alpha value is -2.64. The van der Waals surface area contributed by atoms with Crippen LogP contribution in [0.25, 0.3) is 0 Å². The van der Waals surface area contributed by atoms with E-state index in [0.29, 0.717) is 41.2 Å². The van der Waals surface area contributed by atoms with E-state index in [9.17, 15) is 9.59 Å². The van der Waals surface area contributed by atoms with E-state index >= 15 is 0 Å². The summed E-state index contributed by atoms with van der Waals surface area (Å²) in [6.45, 7) is 1.38. The summed E-state index contributed by atoms with van der Waals surface area (Å²) in [5.74, 6) is 0.0401. The molecule has 8 heteroatoms. The summed E-state index contributed by atoms with van der Waals surface area (Å²) in [5.41, 5.74) is 0.837. The number of hydrogen-bond donors (Lipinski definition) is 2. The van der Waals surface area contributed by atoms with E-state index < -0.39 is 0 Å².